The van der Waals surface area contributed by atoms with Crippen LogP contribution in [0.3, 0.4) is 0 Å². The van der Waals surface area contributed by atoms with Gasteiger partial charge in [-0.05, 0) is 6.42 Å². The molecular formula is C4H9NO. The first-order valence-electron chi connectivity index (χ1n) is 2.13. The monoisotopic (exact) mass is 87.1 g/mol. The largest absolute Gasteiger partial charge is 0.380 e. The first kappa shape index (κ1) is 4.09. The molecule has 36 valence electrons. The standard InChI is InChI=1S/C4H9NO/c1-6-4-2-3(4)5/h3-4H,2,5H2,1H3. The highest BCUT2D eigenvalue weighted by molar-refractivity contribution is 4.90. The van der Waals surface area contributed by atoms with Crippen molar-refractivity contribution in [2.45, 2.75) is 18.6 Å². The molecule has 0 saturated heterocycles. The Hall–Kier alpha value is -0.0800. The topological polar surface area (TPSA) is 35.2 Å². The SMILES string of the molecule is COC1CC1N. The van der Waals surface area contributed by atoms with E-state index in [-0.39, 0.29) is 0 Å². The van der Waals surface area contributed by atoms with Gasteiger partial charge in [0.1, 0.15) is 0 Å². The normalized spacial score (nSPS) is 43.0. The molecule has 1 saturated carbocycles. The van der Waals surface area contributed by atoms with Crippen LogP contribution in [0.2, 0.25) is 0 Å². The van der Waals surface area contributed by atoms with E-state index in [0.29, 0.717) is 12.1 Å². The molecule has 0 heterocycles. The second-order valence-corrected chi connectivity index (χ2v) is 1.67. The molecule has 1 fully saturated rings. The Kier molecular flexibility index (Phi) is 0.821. The van der Waals surface area contributed by atoms with Crippen molar-refractivity contribution in [3.63, 3.8) is 0 Å². The van der Waals surface area contributed by atoms with E-state index in [1.165, 1.54) is 0 Å². The Morgan fingerprint density at radius 2 is 2.33 bits per heavy atom. The van der Waals surface area contributed by atoms with Crippen LogP contribution in [-0.4, -0.2) is 19.3 Å². The van der Waals surface area contributed by atoms with Crippen molar-refractivity contribution in [1.82, 2.24) is 0 Å². The summed E-state index contributed by atoms with van der Waals surface area (Å²) in [4.78, 5) is 0. The van der Waals surface area contributed by atoms with E-state index in [0.717, 1.165) is 6.42 Å². The maximum Gasteiger partial charge on any atom is 0.0738 e. The Balaban J connectivity index is 2.09. The summed E-state index contributed by atoms with van der Waals surface area (Å²) in [5.74, 6) is 0. The molecule has 0 radical (unpaired) electrons. The smallest absolute Gasteiger partial charge is 0.0738 e. The first-order chi connectivity index (χ1) is 2.84. The van der Waals surface area contributed by atoms with Crippen LogP contribution in [0.4, 0.5) is 0 Å². The zero-order valence-corrected chi connectivity index (χ0v) is 3.85. The zero-order chi connectivity index (χ0) is 4.57. The van der Waals surface area contributed by atoms with E-state index in [2.05, 4.69) is 0 Å². The van der Waals surface area contributed by atoms with Crippen LogP contribution in [0, 0.1) is 0 Å². The summed E-state index contributed by atoms with van der Waals surface area (Å²) >= 11 is 0. The van der Waals surface area contributed by atoms with E-state index in [9.17, 15) is 0 Å². The highest BCUT2D eigenvalue weighted by atomic mass is 16.5. The lowest BCUT2D eigenvalue weighted by molar-refractivity contribution is 0.178. The van der Waals surface area contributed by atoms with Crippen molar-refractivity contribution < 1.29 is 4.74 Å². The van der Waals surface area contributed by atoms with Gasteiger partial charge in [-0.25, -0.2) is 0 Å². The molecule has 1 rings (SSSR count). The van der Waals surface area contributed by atoms with Crippen LogP contribution in [0.5, 0.6) is 0 Å². The van der Waals surface area contributed by atoms with Crippen molar-refractivity contribution in [1.29, 1.82) is 0 Å². The van der Waals surface area contributed by atoms with Gasteiger partial charge in [0, 0.05) is 13.2 Å². The number of hydrogen-bond donors (Lipinski definition) is 1. The number of methoxy groups -OCH3 is 1. The van der Waals surface area contributed by atoms with Crippen molar-refractivity contribution >= 4 is 0 Å². The van der Waals surface area contributed by atoms with Crippen LogP contribution in [0.25, 0.3) is 0 Å². The molecule has 0 aliphatic heterocycles. The molecule has 0 aromatic carbocycles. The molecule has 1 aliphatic rings. The predicted octanol–water partition coefficient (Wildman–Crippen LogP) is -0.268. The first-order valence-corrected chi connectivity index (χ1v) is 2.13. The molecule has 0 bridgehead atoms. The number of rotatable bonds is 1. The van der Waals surface area contributed by atoms with E-state index >= 15 is 0 Å². The molecule has 2 N–H and O–H groups in total. The maximum atomic E-state index is 5.35. The fourth-order valence-corrected chi connectivity index (χ4v) is 0.461. The van der Waals surface area contributed by atoms with E-state index in [1.54, 1.807) is 7.11 Å². The summed E-state index contributed by atoms with van der Waals surface area (Å²) in [6.07, 6.45) is 1.43. The summed E-state index contributed by atoms with van der Waals surface area (Å²) in [7, 11) is 1.69. The molecule has 2 atom stereocenters. The van der Waals surface area contributed by atoms with Crippen LogP contribution in [0.1, 0.15) is 6.42 Å². The van der Waals surface area contributed by atoms with Crippen LogP contribution >= 0.6 is 0 Å². The third-order valence-electron chi connectivity index (χ3n) is 1.08. The van der Waals surface area contributed by atoms with Crippen molar-refractivity contribution in [3.8, 4) is 0 Å². The maximum absolute atomic E-state index is 5.35. The van der Waals surface area contributed by atoms with Gasteiger partial charge in [-0.15, -0.1) is 0 Å². The molecule has 0 aromatic rings. The molecule has 0 aromatic heterocycles. The van der Waals surface area contributed by atoms with Gasteiger partial charge in [-0.1, -0.05) is 0 Å². The van der Waals surface area contributed by atoms with Crippen molar-refractivity contribution in [2.24, 2.45) is 5.73 Å². The third kappa shape index (κ3) is 0.533. The van der Waals surface area contributed by atoms with Crippen LogP contribution in [0.15, 0.2) is 0 Å². The summed E-state index contributed by atoms with van der Waals surface area (Å²) in [5, 5.41) is 0. The lowest BCUT2D eigenvalue weighted by Gasteiger charge is -1.85. The van der Waals surface area contributed by atoms with E-state index < -0.39 is 0 Å². The third-order valence-corrected chi connectivity index (χ3v) is 1.08. The van der Waals surface area contributed by atoms with Crippen LogP contribution in [-0.2, 0) is 4.74 Å². The van der Waals surface area contributed by atoms with Gasteiger partial charge in [0.25, 0.3) is 0 Å². The molecule has 2 nitrogen and oxygen atoms in total. The lowest BCUT2D eigenvalue weighted by atomic mass is 10.7. The fourth-order valence-electron chi connectivity index (χ4n) is 0.461. The second kappa shape index (κ2) is 1.21. The minimum absolute atomic E-state index is 0.343. The molecule has 6 heavy (non-hydrogen) atoms. The Labute approximate surface area is 37.3 Å². The van der Waals surface area contributed by atoms with E-state index in [4.69, 9.17) is 10.5 Å². The molecule has 1 aliphatic carbocycles. The highest BCUT2D eigenvalue weighted by Gasteiger charge is 2.32. The minimum Gasteiger partial charge on any atom is -0.380 e. The van der Waals surface area contributed by atoms with Gasteiger partial charge in [0.2, 0.25) is 0 Å². The molecule has 0 spiro atoms. The summed E-state index contributed by atoms with van der Waals surface area (Å²) in [6, 6.07) is 0.343. The average Bonchev–Trinajstić information content (AvgIpc) is 2.19. The number of nitrogens with two attached hydrogens (primary N) is 1. The summed E-state index contributed by atoms with van der Waals surface area (Å²) in [6.45, 7) is 0. The van der Waals surface area contributed by atoms with Gasteiger partial charge in [0.15, 0.2) is 0 Å². The van der Waals surface area contributed by atoms with E-state index in [1.807, 2.05) is 0 Å². The quantitative estimate of drug-likeness (QED) is 0.478. The van der Waals surface area contributed by atoms with Gasteiger partial charge >= 0.3 is 0 Å². The average molecular weight is 87.1 g/mol. The Bertz CT molecular complexity index is 53.5. The Morgan fingerprint density at radius 1 is 1.83 bits per heavy atom. The van der Waals surface area contributed by atoms with Gasteiger partial charge < -0.3 is 10.5 Å². The predicted molar refractivity (Wildman–Crippen MR) is 23.4 cm³/mol. The number of hydrogen-bond acceptors (Lipinski definition) is 2. The minimum atomic E-state index is 0.343. The molecule has 2 heteroatoms. The summed E-state index contributed by atoms with van der Waals surface area (Å²) < 4.78 is 4.85. The van der Waals surface area contributed by atoms with Gasteiger partial charge in [-0.2, -0.15) is 0 Å². The highest BCUT2D eigenvalue weighted by Crippen LogP contribution is 2.20. The molecular weight excluding hydrogens is 78.0 g/mol. The Morgan fingerprint density at radius 3 is 2.33 bits per heavy atom. The molecule has 2 unspecified atom stereocenters. The van der Waals surface area contributed by atoms with Gasteiger partial charge in [0.05, 0.1) is 6.10 Å². The second-order valence-electron chi connectivity index (χ2n) is 1.67. The van der Waals surface area contributed by atoms with Gasteiger partial charge in [-0.3, -0.25) is 0 Å². The lowest BCUT2D eigenvalue weighted by Crippen LogP contribution is -2.05. The van der Waals surface area contributed by atoms with Crippen LogP contribution < -0.4 is 5.73 Å². The number of ether oxygens (including phenoxy) is 1. The zero-order valence-electron chi connectivity index (χ0n) is 3.85. The molecule has 0 amide bonds. The van der Waals surface area contributed by atoms with Crippen molar-refractivity contribution in [3.05, 3.63) is 0 Å². The van der Waals surface area contributed by atoms with Crippen molar-refractivity contribution in [2.75, 3.05) is 7.11 Å². The fraction of sp³-hybridized carbons (Fsp3) is 1.00. The summed E-state index contributed by atoms with van der Waals surface area (Å²) in [5.41, 5.74) is 5.35.